The highest BCUT2D eigenvalue weighted by molar-refractivity contribution is 6.31. The molecule has 0 unspecified atom stereocenters. The Kier molecular flexibility index (Phi) is 12.7. The van der Waals surface area contributed by atoms with Gasteiger partial charge in [-0.15, -0.1) is 13.2 Å². The lowest BCUT2D eigenvalue weighted by atomic mass is 10.5. The van der Waals surface area contributed by atoms with Crippen molar-refractivity contribution in [2.45, 2.75) is 6.92 Å². The first-order chi connectivity index (χ1) is 3.81. The standard InChI is InChI=1S/C5H7Cl.C2H4/c1-3-5(6)4-2;1-2/h3-4H,1H2,2H3;1-2H2/b5-4+;. The van der Waals surface area contributed by atoms with Gasteiger partial charge >= 0.3 is 0 Å². The highest BCUT2D eigenvalue weighted by Crippen LogP contribution is 1.98. The Morgan fingerprint density at radius 3 is 1.88 bits per heavy atom. The van der Waals surface area contributed by atoms with E-state index in [-0.39, 0.29) is 0 Å². The summed E-state index contributed by atoms with van der Waals surface area (Å²) in [6.07, 6.45) is 3.39. The molecule has 1 heteroatoms. The fraction of sp³-hybridized carbons (Fsp3) is 0.143. The molecular formula is C7H11Cl. The van der Waals surface area contributed by atoms with Gasteiger partial charge in [-0.2, -0.15) is 0 Å². The van der Waals surface area contributed by atoms with E-state index in [1.807, 2.05) is 6.92 Å². The van der Waals surface area contributed by atoms with Crippen LogP contribution in [0.25, 0.3) is 0 Å². The molecule has 0 rings (SSSR count). The van der Waals surface area contributed by atoms with Gasteiger partial charge < -0.3 is 0 Å². The predicted molar refractivity (Wildman–Crippen MR) is 41.1 cm³/mol. The molecule has 0 heterocycles. The second kappa shape index (κ2) is 9.72. The van der Waals surface area contributed by atoms with Crippen molar-refractivity contribution in [3.63, 3.8) is 0 Å². The minimum Gasteiger partial charge on any atom is -0.106 e. The van der Waals surface area contributed by atoms with Gasteiger partial charge in [-0.05, 0) is 6.92 Å². The number of halogens is 1. The van der Waals surface area contributed by atoms with Crippen molar-refractivity contribution in [2.24, 2.45) is 0 Å². The summed E-state index contributed by atoms with van der Waals surface area (Å²) in [5.41, 5.74) is 0. The molecule has 0 radical (unpaired) electrons. The number of hydrogen-bond donors (Lipinski definition) is 0. The van der Waals surface area contributed by atoms with E-state index in [0.29, 0.717) is 5.03 Å². The van der Waals surface area contributed by atoms with Crippen LogP contribution in [0.15, 0.2) is 36.9 Å². The molecule has 0 atom stereocenters. The van der Waals surface area contributed by atoms with Gasteiger partial charge in [-0.25, -0.2) is 0 Å². The van der Waals surface area contributed by atoms with Crippen molar-refractivity contribution in [3.05, 3.63) is 36.9 Å². The minimum absolute atomic E-state index is 0.704. The van der Waals surface area contributed by atoms with Gasteiger partial charge in [0.2, 0.25) is 0 Å². The van der Waals surface area contributed by atoms with Gasteiger partial charge in [0.15, 0.2) is 0 Å². The normalized spacial score (nSPS) is 9.00. The van der Waals surface area contributed by atoms with Crippen LogP contribution in [0.1, 0.15) is 6.92 Å². The molecular weight excluding hydrogens is 120 g/mol. The highest BCUT2D eigenvalue weighted by Gasteiger charge is 1.70. The molecule has 0 aromatic rings. The maximum atomic E-state index is 5.39. The lowest BCUT2D eigenvalue weighted by molar-refractivity contribution is 1.71. The molecule has 0 saturated heterocycles. The van der Waals surface area contributed by atoms with Crippen LogP contribution in [0.4, 0.5) is 0 Å². The van der Waals surface area contributed by atoms with Crippen LogP contribution in [-0.4, -0.2) is 0 Å². The van der Waals surface area contributed by atoms with Gasteiger partial charge in [0.1, 0.15) is 0 Å². The molecule has 0 N–H and O–H groups in total. The van der Waals surface area contributed by atoms with Gasteiger partial charge in [-0.3, -0.25) is 0 Å². The van der Waals surface area contributed by atoms with Crippen LogP contribution in [0.3, 0.4) is 0 Å². The molecule has 0 aliphatic heterocycles. The molecule has 46 valence electrons. The fourth-order valence-electron chi connectivity index (χ4n) is 0.118. The Bertz CT molecular complexity index is 82.4. The van der Waals surface area contributed by atoms with E-state index >= 15 is 0 Å². The molecule has 0 aromatic carbocycles. The molecule has 0 bridgehead atoms. The first-order valence-corrected chi connectivity index (χ1v) is 2.63. The zero-order valence-electron chi connectivity index (χ0n) is 5.15. The second-order valence-corrected chi connectivity index (χ2v) is 1.31. The largest absolute Gasteiger partial charge is 0.106 e. The Morgan fingerprint density at radius 1 is 1.50 bits per heavy atom. The smallest absolute Gasteiger partial charge is 0.0357 e. The summed E-state index contributed by atoms with van der Waals surface area (Å²) in [6.45, 7) is 11.3. The van der Waals surface area contributed by atoms with Crippen molar-refractivity contribution in [2.75, 3.05) is 0 Å². The maximum Gasteiger partial charge on any atom is 0.0357 e. The highest BCUT2D eigenvalue weighted by atomic mass is 35.5. The number of allylic oxidation sites excluding steroid dienone is 3. The molecule has 0 aromatic heterocycles. The minimum atomic E-state index is 0.704. The summed E-state index contributed by atoms with van der Waals surface area (Å²) in [5, 5.41) is 0.704. The van der Waals surface area contributed by atoms with Crippen LogP contribution in [0, 0.1) is 0 Å². The monoisotopic (exact) mass is 130 g/mol. The lowest BCUT2D eigenvalue weighted by Gasteiger charge is -1.74. The average molecular weight is 131 g/mol. The molecule has 0 nitrogen and oxygen atoms in total. The van der Waals surface area contributed by atoms with E-state index in [4.69, 9.17) is 11.6 Å². The number of hydrogen-bond acceptors (Lipinski definition) is 0. The van der Waals surface area contributed by atoms with Gasteiger partial charge in [0.25, 0.3) is 0 Å². The predicted octanol–water partition coefficient (Wildman–Crippen LogP) is 3.12. The summed E-state index contributed by atoms with van der Waals surface area (Å²) >= 11 is 5.39. The average Bonchev–Trinajstić information content (AvgIpc) is 1.91. The third-order valence-electron chi connectivity index (χ3n) is 0.471. The second-order valence-electron chi connectivity index (χ2n) is 0.878. The summed E-state index contributed by atoms with van der Waals surface area (Å²) in [6, 6.07) is 0. The number of rotatable bonds is 1. The third kappa shape index (κ3) is 9.10. The lowest BCUT2D eigenvalue weighted by Crippen LogP contribution is -1.51. The van der Waals surface area contributed by atoms with Crippen LogP contribution in [0.5, 0.6) is 0 Å². The molecule has 0 spiro atoms. The molecule has 0 aliphatic rings. The van der Waals surface area contributed by atoms with Gasteiger partial charge in [0, 0.05) is 5.03 Å². The zero-order valence-corrected chi connectivity index (χ0v) is 5.91. The van der Waals surface area contributed by atoms with Crippen molar-refractivity contribution >= 4 is 11.6 Å². The Balaban J connectivity index is 0. The SMILES string of the molecule is C=C.C=C/C(Cl)=C\C. The Morgan fingerprint density at radius 2 is 1.88 bits per heavy atom. The van der Waals surface area contributed by atoms with Crippen molar-refractivity contribution < 1.29 is 0 Å². The van der Waals surface area contributed by atoms with E-state index in [9.17, 15) is 0 Å². The van der Waals surface area contributed by atoms with Crippen LogP contribution in [0.2, 0.25) is 0 Å². The van der Waals surface area contributed by atoms with Crippen LogP contribution in [-0.2, 0) is 0 Å². The van der Waals surface area contributed by atoms with E-state index in [0.717, 1.165) is 0 Å². The fourth-order valence-corrected chi connectivity index (χ4v) is 0.118. The van der Waals surface area contributed by atoms with Gasteiger partial charge in [-0.1, -0.05) is 30.3 Å². The first kappa shape index (κ1) is 10.5. The Hall–Kier alpha value is -0.490. The van der Waals surface area contributed by atoms with Crippen molar-refractivity contribution in [1.82, 2.24) is 0 Å². The van der Waals surface area contributed by atoms with E-state index in [2.05, 4.69) is 19.7 Å². The molecule has 8 heavy (non-hydrogen) atoms. The van der Waals surface area contributed by atoms with Gasteiger partial charge in [0.05, 0.1) is 0 Å². The zero-order chi connectivity index (χ0) is 6.99. The third-order valence-corrected chi connectivity index (χ3v) is 0.843. The van der Waals surface area contributed by atoms with Crippen molar-refractivity contribution in [1.29, 1.82) is 0 Å². The quantitative estimate of drug-likeness (QED) is 0.378. The molecule has 0 fully saturated rings. The molecule has 0 amide bonds. The maximum absolute atomic E-state index is 5.39. The molecule has 0 saturated carbocycles. The summed E-state index contributed by atoms with van der Waals surface area (Å²) < 4.78 is 0. The summed E-state index contributed by atoms with van der Waals surface area (Å²) in [7, 11) is 0. The Labute approximate surface area is 56.2 Å². The van der Waals surface area contributed by atoms with Crippen molar-refractivity contribution in [3.8, 4) is 0 Å². The van der Waals surface area contributed by atoms with Crippen LogP contribution < -0.4 is 0 Å². The summed E-state index contributed by atoms with van der Waals surface area (Å²) in [5.74, 6) is 0. The first-order valence-electron chi connectivity index (χ1n) is 2.25. The topological polar surface area (TPSA) is 0 Å². The molecule has 0 aliphatic carbocycles. The van der Waals surface area contributed by atoms with Crippen LogP contribution >= 0.6 is 11.6 Å². The van der Waals surface area contributed by atoms with E-state index in [1.54, 1.807) is 12.2 Å². The van der Waals surface area contributed by atoms with E-state index in [1.165, 1.54) is 0 Å². The summed E-state index contributed by atoms with van der Waals surface area (Å²) in [4.78, 5) is 0. The van der Waals surface area contributed by atoms with E-state index < -0.39 is 0 Å².